The lowest BCUT2D eigenvalue weighted by Crippen LogP contribution is -2.55. The van der Waals surface area contributed by atoms with Crippen molar-refractivity contribution in [2.24, 2.45) is 0 Å². The summed E-state index contributed by atoms with van der Waals surface area (Å²) in [6, 6.07) is 0.501. The van der Waals surface area contributed by atoms with Gasteiger partial charge in [-0.15, -0.1) is 0 Å². The summed E-state index contributed by atoms with van der Waals surface area (Å²) in [5, 5.41) is 11.8. The first-order chi connectivity index (χ1) is 8.47. The second kappa shape index (κ2) is 6.99. The summed E-state index contributed by atoms with van der Waals surface area (Å²) >= 11 is 1.53. The lowest BCUT2D eigenvalue weighted by atomic mass is 9.85. The van der Waals surface area contributed by atoms with Gasteiger partial charge < -0.3 is 10.4 Å². The van der Waals surface area contributed by atoms with E-state index in [-0.39, 0.29) is 23.7 Å². The topological polar surface area (TPSA) is 69.6 Å². The summed E-state index contributed by atoms with van der Waals surface area (Å²) < 4.78 is 0. The molecule has 1 amide bonds. The molecule has 1 saturated carbocycles. The van der Waals surface area contributed by atoms with Crippen LogP contribution in [0.25, 0.3) is 0 Å². The van der Waals surface area contributed by atoms with Crippen molar-refractivity contribution in [1.82, 2.24) is 10.2 Å². The van der Waals surface area contributed by atoms with E-state index < -0.39 is 5.97 Å². The summed E-state index contributed by atoms with van der Waals surface area (Å²) in [4.78, 5) is 24.3. The molecular weight excluding hydrogens is 252 g/mol. The van der Waals surface area contributed by atoms with Crippen LogP contribution in [0.1, 0.15) is 26.7 Å². The highest BCUT2D eigenvalue weighted by molar-refractivity contribution is 7.99. The van der Waals surface area contributed by atoms with Crippen molar-refractivity contribution >= 4 is 23.6 Å². The van der Waals surface area contributed by atoms with Gasteiger partial charge in [-0.3, -0.25) is 14.5 Å². The van der Waals surface area contributed by atoms with Crippen LogP contribution < -0.4 is 5.32 Å². The monoisotopic (exact) mass is 274 g/mol. The van der Waals surface area contributed by atoms with Gasteiger partial charge in [-0.05, 0) is 32.6 Å². The van der Waals surface area contributed by atoms with Gasteiger partial charge in [0.1, 0.15) is 0 Å². The number of nitrogens with one attached hydrogen (secondary N) is 1. The summed E-state index contributed by atoms with van der Waals surface area (Å²) in [6.45, 7) is 4.67. The van der Waals surface area contributed by atoms with Gasteiger partial charge in [0.15, 0.2) is 0 Å². The molecule has 2 N–H and O–H groups in total. The minimum atomic E-state index is -0.791. The van der Waals surface area contributed by atoms with Crippen LogP contribution in [0.2, 0.25) is 0 Å². The minimum absolute atomic E-state index is 0.0228. The van der Waals surface area contributed by atoms with Crippen molar-refractivity contribution < 1.29 is 14.7 Å². The second-order valence-electron chi connectivity index (χ2n) is 4.67. The number of rotatable bonds is 7. The van der Waals surface area contributed by atoms with Crippen LogP contribution in [-0.2, 0) is 9.59 Å². The Morgan fingerprint density at radius 2 is 2.11 bits per heavy atom. The van der Waals surface area contributed by atoms with Gasteiger partial charge in [0.25, 0.3) is 0 Å². The quantitative estimate of drug-likeness (QED) is 0.718. The number of carbonyl (C=O) groups excluding carboxylic acids is 1. The lowest BCUT2D eigenvalue weighted by Gasteiger charge is -2.42. The molecule has 6 heteroatoms. The fourth-order valence-electron chi connectivity index (χ4n) is 2.10. The average molecular weight is 274 g/mol. The predicted octanol–water partition coefficient (Wildman–Crippen LogP) is 0.792. The number of thioether (sulfide) groups is 1. The Morgan fingerprint density at radius 3 is 2.56 bits per heavy atom. The standard InChI is InChI=1S/C12H22N2O3S/c1-4-14(7-11(15)16)10-5-9(6-10)13-12(17)8(2)18-3/h8-10H,4-7H2,1-3H3,(H,13,17)(H,15,16). The molecule has 1 aliphatic carbocycles. The van der Waals surface area contributed by atoms with E-state index in [9.17, 15) is 9.59 Å². The molecule has 0 aliphatic heterocycles. The maximum absolute atomic E-state index is 11.7. The third-order valence-electron chi connectivity index (χ3n) is 3.44. The van der Waals surface area contributed by atoms with E-state index in [1.54, 1.807) is 0 Å². The molecule has 0 heterocycles. The number of carbonyl (C=O) groups is 2. The SMILES string of the molecule is CCN(CC(=O)O)C1CC(NC(=O)C(C)SC)C1. The zero-order valence-electron chi connectivity index (χ0n) is 11.2. The van der Waals surface area contributed by atoms with Gasteiger partial charge in [0.05, 0.1) is 11.8 Å². The Morgan fingerprint density at radius 1 is 1.50 bits per heavy atom. The van der Waals surface area contributed by atoms with Gasteiger partial charge in [-0.2, -0.15) is 11.8 Å². The van der Waals surface area contributed by atoms with Crippen molar-refractivity contribution in [1.29, 1.82) is 0 Å². The number of carboxylic acid groups (broad SMARTS) is 1. The lowest BCUT2D eigenvalue weighted by molar-refractivity contribution is -0.139. The normalized spacial score (nSPS) is 24.4. The molecule has 0 aromatic heterocycles. The van der Waals surface area contributed by atoms with Gasteiger partial charge >= 0.3 is 5.97 Å². The Balaban J connectivity index is 2.30. The molecule has 1 rings (SSSR count). The molecule has 0 radical (unpaired) electrons. The number of carboxylic acids is 1. The molecule has 18 heavy (non-hydrogen) atoms. The van der Waals surface area contributed by atoms with E-state index >= 15 is 0 Å². The Labute approximate surface area is 112 Å². The molecule has 0 bridgehead atoms. The predicted molar refractivity (Wildman–Crippen MR) is 72.8 cm³/mol. The van der Waals surface area contributed by atoms with E-state index in [1.165, 1.54) is 11.8 Å². The first-order valence-electron chi connectivity index (χ1n) is 6.26. The number of nitrogens with zero attached hydrogens (tertiary/aromatic N) is 1. The number of aliphatic carboxylic acids is 1. The van der Waals surface area contributed by atoms with Crippen molar-refractivity contribution in [2.75, 3.05) is 19.3 Å². The van der Waals surface area contributed by atoms with Crippen LogP contribution in [0.4, 0.5) is 0 Å². The molecule has 0 aromatic carbocycles. The number of amides is 1. The number of likely N-dealkylation sites (N-methyl/N-ethyl adjacent to an activating group) is 1. The number of hydrogen-bond acceptors (Lipinski definition) is 4. The average Bonchev–Trinajstić information content (AvgIpc) is 2.28. The van der Waals surface area contributed by atoms with Gasteiger partial charge in [-0.25, -0.2) is 0 Å². The van der Waals surface area contributed by atoms with E-state index in [0.29, 0.717) is 6.04 Å². The maximum atomic E-state index is 11.7. The summed E-state index contributed by atoms with van der Waals surface area (Å²) in [7, 11) is 0. The molecule has 104 valence electrons. The smallest absolute Gasteiger partial charge is 0.317 e. The summed E-state index contributed by atoms with van der Waals surface area (Å²) in [6.07, 6.45) is 3.63. The Kier molecular flexibility index (Phi) is 5.95. The Bertz CT molecular complexity index is 306. The third-order valence-corrected chi connectivity index (χ3v) is 4.36. The first-order valence-corrected chi connectivity index (χ1v) is 7.55. The van der Waals surface area contributed by atoms with E-state index in [2.05, 4.69) is 5.32 Å². The minimum Gasteiger partial charge on any atom is -0.480 e. The zero-order chi connectivity index (χ0) is 13.7. The van der Waals surface area contributed by atoms with Gasteiger partial charge in [0.2, 0.25) is 5.91 Å². The van der Waals surface area contributed by atoms with Crippen LogP contribution in [0.15, 0.2) is 0 Å². The molecule has 1 atom stereocenters. The molecule has 1 aliphatic rings. The zero-order valence-corrected chi connectivity index (χ0v) is 12.0. The highest BCUT2D eigenvalue weighted by Gasteiger charge is 2.35. The van der Waals surface area contributed by atoms with Crippen LogP contribution in [0.5, 0.6) is 0 Å². The summed E-state index contributed by atoms with van der Waals surface area (Å²) in [5.41, 5.74) is 0. The van der Waals surface area contributed by atoms with Crippen molar-refractivity contribution in [2.45, 2.75) is 44.0 Å². The van der Waals surface area contributed by atoms with Gasteiger partial charge in [-0.1, -0.05) is 6.92 Å². The first kappa shape index (κ1) is 15.3. The van der Waals surface area contributed by atoms with Crippen LogP contribution in [-0.4, -0.2) is 58.6 Å². The van der Waals surface area contributed by atoms with Crippen LogP contribution in [0, 0.1) is 0 Å². The molecule has 0 saturated heterocycles. The number of hydrogen-bond donors (Lipinski definition) is 2. The Hall–Kier alpha value is -0.750. The molecule has 1 fully saturated rings. The van der Waals surface area contributed by atoms with Crippen molar-refractivity contribution in [3.63, 3.8) is 0 Å². The molecule has 0 spiro atoms. The highest BCUT2D eigenvalue weighted by Crippen LogP contribution is 2.25. The molecular formula is C12H22N2O3S. The highest BCUT2D eigenvalue weighted by atomic mass is 32.2. The largest absolute Gasteiger partial charge is 0.480 e. The maximum Gasteiger partial charge on any atom is 0.317 e. The van der Waals surface area contributed by atoms with Crippen LogP contribution >= 0.6 is 11.8 Å². The second-order valence-corrected chi connectivity index (χ2v) is 5.84. The fraction of sp³-hybridized carbons (Fsp3) is 0.833. The third kappa shape index (κ3) is 4.17. The van der Waals surface area contributed by atoms with E-state index in [1.807, 2.05) is 25.0 Å². The van der Waals surface area contributed by atoms with Crippen LogP contribution in [0.3, 0.4) is 0 Å². The van der Waals surface area contributed by atoms with Gasteiger partial charge in [0, 0.05) is 12.1 Å². The van der Waals surface area contributed by atoms with Crippen molar-refractivity contribution in [3.05, 3.63) is 0 Å². The van der Waals surface area contributed by atoms with Crippen molar-refractivity contribution in [3.8, 4) is 0 Å². The fourth-order valence-corrected chi connectivity index (χ4v) is 2.38. The van der Waals surface area contributed by atoms with E-state index in [4.69, 9.17) is 5.11 Å². The molecule has 5 nitrogen and oxygen atoms in total. The molecule has 1 unspecified atom stereocenters. The summed E-state index contributed by atoms with van der Waals surface area (Å²) in [5.74, 6) is -0.715. The van der Waals surface area contributed by atoms with E-state index in [0.717, 1.165) is 19.4 Å². The molecule has 0 aromatic rings.